The second-order valence-corrected chi connectivity index (χ2v) is 5.20. The molecule has 0 spiro atoms. The van der Waals surface area contributed by atoms with Crippen molar-refractivity contribution in [3.05, 3.63) is 29.8 Å². The lowest BCUT2D eigenvalue weighted by atomic mass is 10.1. The van der Waals surface area contributed by atoms with E-state index in [0.717, 1.165) is 0 Å². The van der Waals surface area contributed by atoms with Crippen molar-refractivity contribution in [1.82, 2.24) is 5.32 Å². The average Bonchev–Trinajstić information content (AvgIpc) is 2.43. The number of anilines is 1. The molecule has 1 atom stereocenters. The second-order valence-electron chi connectivity index (χ2n) is 4.21. The third-order valence-corrected chi connectivity index (χ3v) is 3.27. The Morgan fingerprint density at radius 1 is 1.29 bits per heavy atom. The minimum absolute atomic E-state index is 0.306. The number of carboxylic acid groups (broad SMARTS) is 1. The minimum atomic E-state index is -1.07. The van der Waals surface area contributed by atoms with Gasteiger partial charge in [-0.05, 0) is 42.7 Å². The van der Waals surface area contributed by atoms with Crippen LogP contribution >= 0.6 is 11.8 Å². The van der Waals surface area contributed by atoms with E-state index < -0.39 is 23.9 Å². The van der Waals surface area contributed by atoms with Crippen molar-refractivity contribution in [3.8, 4) is 0 Å². The quantitative estimate of drug-likeness (QED) is 0.601. The van der Waals surface area contributed by atoms with Crippen LogP contribution in [0.4, 0.5) is 10.5 Å². The summed E-state index contributed by atoms with van der Waals surface area (Å²) in [7, 11) is 0. The molecule has 0 saturated heterocycles. The van der Waals surface area contributed by atoms with Crippen LogP contribution in [0.1, 0.15) is 16.8 Å². The van der Waals surface area contributed by atoms with Crippen molar-refractivity contribution < 1.29 is 19.5 Å². The van der Waals surface area contributed by atoms with E-state index in [4.69, 9.17) is 10.8 Å². The fraction of sp³-hybridized carbons (Fsp3) is 0.308. The number of benzene rings is 1. The fourth-order valence-corrected chi connectivity index (χ4v) is 2.05. The van der Waals surface area contributed by atoms with E-state index in [1.807, 2.05) is 6.26 Å². The van der Waals surface area contributed by atoms with Crippen molar-refractivity contribution in [2.24, 2.45) is 5.73 Å². The molecule has 0 aliphatic carbocycles. The fourth-order valence-electron chi connectivity index (χ4n) is 1.58. The summed E-state index contributed by atoms with van der Waals surface area (Å²) < 4.78 is 0. The molecule has 1 rings (SSSR count). The van der Waals surface area contributed by atoms with Gasteiger partial charge in [0.15, 0.2) is 0 Å². The van der Waals surface area contributed by atoms with Gasteiger partial charge in [0.05, 0.1) is 0 Å². The van der Waals surface area contributed by atoms with Gasteiger partial charge in [-0.1, -0.05) is 0 Å². The van der Waals surface area contributed by atoms with Crippen LogP contribution in [0.25, 0.3) is 0 Å². The predicted octanol–water partition coefficient (Wildman–Crippen LogP) is 1.11. The van der Waals surface area contributed by atoms with Crippen LogP contribution in [0.5, 0.6) is 0 Å². The molecule has 0 unspecified atom stereocenters. The molecule has 5 N–H and O–H groups in total. The smallest absolute Gasteiger partial charge is 0.326 e. The van der Waals surface area contributed by atoms with Gasteiger partial charge in [0.25, 0.3) is 5.91 Å². The summed E-state index contributed by atoms with van der Waals surface area (Å²) in [6.07, 6.45) is 2.22. The molecule has 0 aliphatic heterocycles. The molecule has 7 nitrogen and oxygen atoms in total. The molecule has 0 heterocycles. The zero-order chi connectivity index (χ0) is 15.8. The standard InChI is InChI=1S/C13H17N3O4S/c1-21-7-6-10(12(18)19)16-11(17)8-2-4-9(5-3-8)15-13(14)20/h2-5,10H,6-7H2,1H3,(H,16,17)(H,18,19)(H3,14,15,20)/t10-/m0/s1. The zero-order valence-corrected chi connectivity index (χ0v) is 12.3. The number of carbonyl (C=O) groups excluding carboxylic acids is 2. The Hall–Kier alpha value is -2.22. The van der Waals surface area contributed by atoms with Crippen LogP contribution in [0.3, 0.4) is 0 Å². The van der Waals surface area contributed by atoms with Gasteiger partial charge < -0.3 is 21.5 Å². The van der Waals surface area contributed by atoms with E-state index in [-0.39, 0.29) is 0 Å². The molecule has 0 aromatic heterocycles. The molecule has 0 fully saturated rings. The van der Waals surface area contributed by atoms with Crippen LogP contribution in [0.2, 0.25) is 0 Å². The summed E-state index contributed by atoms with van der Waals surface area (Å²) in [5.41, 5.74) is 5.73. The Labute approximate surface area is 126 Å². The molecule has 21 heavy (non-hydrogen) atoms. The Balaban J connectivity index is 2.69. The topological polar surface area (TPSA) is 122 Å². The Bertz CT molecular complexity index is 519. The van der Waals surface area contributed by atoms with Crippen molar-refractivity contribution in [3.63, 3.8) is 0 Å². The molecule has 0 saturated carbocycles. The van der Waals surface area contributed by atoms with E-state index in [0.29, 0.717) is 23.4 Å². The van der Waals surface area contributed by atoms with Gasteiger partial charge in [0, 0.05) is 11.3 Å². The van der Waals surface area contributed by atoms with E-state index in [1.165, 1.54) is 36.0 Å². The third kappa shape index (κ3) is 5.74. The van der Waals surface area contributed by atoms with Gasteiger partial charge in [-0.25, -0.2) is 9.59 Å². The molecule has 3 amide bonds. The highest BCUT2D eigenvalue weighted by molar-refractivity contribution is 7.98. The van der Waals surface area contributed by atoms with Gasteiger partial charge in [-0.2, -0.15) is 11.8 Å². The molecule has 1 aromatic rings. The van der Waals surface area contributed by atoms with E-state index in [2.05, 4.69) is 10.6 Å². The molecule has 0 bridgehead atoms. The average molecular weight is 311 g/mol. The van der Waals surface area contributed by atoms with Crippen LogP contribution in [0, 0.1) is 0 Å². The first-order valence-electron chi connectivity index (χ1n) is 6.13. The normalized spacial score (nSPS) is 11.5. The third-order valence-electron chi connectivity index (χ3n) is 2.63. The van der Waals surface area contributed by atoms with Gasteiger partial charge in [-0.3, -0.25) is 4.79 Å². The summed E-state index contributed by atoms with van der Waals surface area (Å²) in [5, 5.41) is 13.9. The number of hydrogen-bond acceptors (Lipinski definition) is 4. The molecule has 0 aliphatic rings. The summed E-state index contributed by atoms with van der Waals surface area (Å²) in [6.45, 7) is 0. The largest absolute Gasteiger partial charge is 0.480 e. The van der Waals surface area contributed by atoms with Crippen LogP contribution in [-0.4, -0.2) is 41.1 Å². The maximum Gasteiger partial charge on any atom is 0.326 e. The van der Waals surface area contributed by atoms with Crippen molar-refractivity contribution in [1.29, 1.82) is 0 Å². The lowest BCUT2D eigenvalue weighted by Gasteiger charge is -2.14. The first-order valence-corrected chi connectivity index (χ1v) is 7.52. The summed E-state index contributed by atoms with van der Waals surface area (Å²) >= 11 is 1.51. The number of thioether (sulfide) groups is 1. The van der Waals surface area contributed by atoms with Crippen LogP contribution < -0.4 is 16.4 Å². The number of carbonyl (C=O) groups is 3. The Morgan fingerprint density at radius 2 is 1.90 bits per heavy atom. The maximum absolute atomic E-state index is 12.0. The highest BCUT2D eigenvalue weighted by atomic mass is 32.2. The van der Waals surface area contributed by atoms with Gasteiger partial charge in [0.1, 0.15) is 6.04 Å². The highest BCUT2D eigenvalue weighted by Crippen LogP contribution is 2.10. The number of primary amides is 1. The van der Waals surface area contributed by atoms with Crippen molar-refractivity contribution in [2.75, 3.05) is 17.3 Å². The minimum Gasteiger partial charge on any atom is -0.480 e. The number of urea groups is 1. The maximum atomic E-state index is 12.0. The summed E-state index contributed by atoms with van der Waals surface area (Å²) in [5.74, 6) is -0.905. The number of amides is 3. The van der Waals surface area contributed by atoms with Crippen molar-refractivity contribution in [2.45, 2.75) is 12.5 Å². The molecule has 114 valence electrons. The second kappa shape index (κ2) is 8.15. The molecular formula is C13H17N3O4S. The number of nitrogens with one attached hydrogen (secondary N) is 2. The number of aliphatic carboxylic acids is 1. The van der Waals surface area contributed by atoms with Crippen LogP contribution in [-0.2, 0) is 4.79 Å². The summed E-state index contributed by atoms with van der Waals surface area (Å²) in [4.78, 5) is 33.7. The number of nitrogens with two attached hydrogens (primary N) is 1. The monoisotopic (exact) mass is 311 g/mol. The first-order chi connectivity index (χ1) is 9.93. The van der Waals surface area contributed by atoms with E-state index >= 15 is 0 Å². The van der Waals surface area contributed by atoms with E-state index in [1.54, 1.807) is 0 Å². The number of rotatable bonds is 7. The Kier molecular flexibility index (Phi) is 6.54. The van der Waals surface area contributed by atoms with Gasteiger partial charge in [0.2, 0.25) is 0 Å². The number of hydrogen-bond donors (Lipinski definition) is 4. The summed E-state index contributed by atoms with van der Waals surface area (Å²) in [6, 6.07) is 4.36. The first kappa shape index (κ1) is 16.8. The molecule has 8 heteroatoms. The van der Waals surface area contributed by atoms with Gasteiger partial charge >= 0.3 is 12.0 Å². The zero-order valence-electron chi connectivity index (χ0n) is 11.5. The van der Waals surface area contributed by atoms with Crippen LogP contribution in [0.15, 0.2) is 24.3 Å². The highest BCUT2D eigenvalue weighted by Gasteiger charge is 2.20. The SMILES string of the molecule is CSCC[C@H](NC(=O)c1ccc(NC(N)=O)cc1)C(=O)O. The lowest BCUT2D eigenvalue weighted by molar-refractivity contribution is -0.139. The van der Waals surface area contributed by atoms with Crippen molar-refractivity contribution >= 4 is 35.4 Å². The van der Waals surface area contributed by atoms with E-state index in [9.17, 15) is 14.4 Å². The number of carboxylic acids is 1. The Morgan fingerprint density at radius 3 is 2.38 bits per heavy atom. The molecule has 1 aromatic carbocycles. The predicted molar refractivity (Wildman–Crippen MR) is 81.5 cm³/mol. The molecule has 0 radical (unpaired) electrons. The molecular weight excluding hydrogens is 294 g/mol. The van der Waals surface area contributed by atoms with Gasteiger partial charge in [-0.15, -0.1) is 0 Å². The lowest BCUT2D eigenvalue weighted by Crippen LogP contribution is -2.41.